The summed E-state index contributed by atoms with van der Waals surface area (Å²) in [5.74, 6) is 0. The van der Waals surface area contributed by atoms with Crippen molar-refractivity contribution in [3.05, 3.63) is 120 Å². The minimum atomic E-state index is -6.09. The number of rotatable bonds is 26. The maximum atomic E-state index is 10.7. The Kier molecular flexibility index (Phi) is 51.9. The van der Waals surface area contributed by atoms with Crippen LogP contribution in [-0.2, 0) is 67.5 Å². The third-order valence-corrected chi connectivity index (χ3v) is 11.7. The van der Waals surface area contributed by atoms with Crippen LogP contribution in [-0.4, -0.2) is 93.9 Å². The summed E-state index contributed by atoms with van der Waals surface area (Å²) in [4.78, 5) is 0. The summed E-state index contributed by atoms with van der Waals surface area (Å²) in [6, 6.07) is 37.6. The number of halogens is 9. The predicted molar refractivity (Wildman–Crippen MR) is 272 cm³/mol. The maximum Gasteiger partial charge on any atom is 2.00 e. The van der Waals surface area contributed by atoms with Crippen LogP contribution < -0.4 is 0 Å². The van der Waals surface area contributed by atoms with E-state index in [4.69, 9.17) is 25.9 Å². The average Bonchev–Trinajstić information content (AvgIpc) is 4.12. The zero-order chi connectivity index (χ0) is 55.4. The van der Waals surface area contributed by atoms with Crippen molar-refractivity contribution >= 4 is 20.2 Å². The molecule has 0 fully saturated rings. The van der Waals surface area contributed by atoms with Crippen LogP contribution in [0.5, 0.6) is 0 Å². The Balaban J connectivity index is -0.000000274. The molecule has 0 spiro atoms. The number of hydrogen-bond donors (Lipinski definition) is 0. The molecule has 4 aromatic rings. The van der Waals surface area contributed by atoms with E-state index in [1.54, 1.807) is 0 Å². The van der Waals surface area contributed by atoms with Crippen molar-refractivity contribution in [2.75, 3.05) is 41.3 Å². The van der Waals surface area contributed by atoms with Crippen LogP contribution in [0.4, 0.5) is 39.5 Å². The number of quaternary nitrogens is 2. The molecule has 0 aliphatic heterocycles. The van der Waals surface area contributed by atoms with Crippen molar-refractivity contribution in [1.29, 1.82) is 0 Å². The quantitative estimate of drug-likeness (QED) is 0.0118. The third kappa shape index (κ3) is 57.3. The van der Waals surface area contributed by atoms with Crippen molar-refractivity contribution < 1.29 is 109 Å². The van der Waals surface area contributed by atoms with Crippen molar-refractivity contribution in [3.8, 4) is 0 Å². The second-order valence-corrected chi connectivity index (χ2v) is 21.3. The summed E-state index contributed by atoms with van der Waals surface area (Å²) in [6.45, 7) is 5.87. The molecule has 4 rings (SSSR count). The van der Waals surface area contributed by atoms with Crippen molar-refractivity contribution in [2.45, 2.75) is 173 Å². The first-order valence-corrected chi connectivity index (χ1v) is 27.7. The molecule has 8 nitrogen and oxygen atoms in total. The largest absolute Gasteiger partial charge is 2.00 e. The standard InChI is InChI=1S/2C20H37N.2C5H5.2CHF3O3S.CHF3.2Fe/c2*1-4-5-6-7-8-9-10-11-12-15-18-21(2,3)19-20-16-13-14-17-20;2*1-2-4-5-3-1;2*2-1(3,4)8(5,6)7;2-1(3)4;;/h2*13-14,16-17H,4-12,15,18-19H2,1-3H3;2*1-5H;2*(H,5,6,7);1H;;/q;;2*-1;;;;2*+2/p-2. The van der Waals surface area contributed by atoms with Crippen LogP contribution in [0.2, 0.25) is 0 Å². The second-order valence-electron chi connectivity index (χ2n) is 18.6. The van der Waals surface area contributed by atoms with E-state index < -0.39 is 37.9 Å². The molecule has 0 heterocycles. The Morgan fingerprint density at radius 3 is 0.824 bits per heavy atom. The summed E-state index contributed by atoms with van der Waals surface area (Å²) < 4.78 is 149. The molecule has 0 unspecified atom stereocenters. The molecule has 74 heavy (non-hydrogen) atoms. The van der Waals surface area contributed by atoms with Gasteiger partial charge in [0.2, 0.25) is 0 Å². The summed E-state index contributed by atoms with van der Waals surface area (Å²) in [6.07, 6.45) is 28.6. The van der Waals surface area contributed by atoms with Gasteiger partial charge in [-0.2, -0.15) is 100 Å². The van der Waals surface area contributed by atoms with Crippen LogP contribution in [0.1, 0.15) is 153 Å². The van der Waals surface area contributed by atoms with E-state index >= 15 is 0 Å². The molecule has 0 saturated heterocycles. The number of hydrogen-bond acceptors (Lipinski definition) is 6. The normalized spacial score (nSPS) is 11.4. The van der Waals surface area contributed by atoms with Crippen molar-refractivity contribution in [1.82, 2.24) is 0 Å². The molecule has 0 aromatic heterocycles. The first kappa shape index (κ1) is 80.4. The van der Waals surface area contributed by atoms with E-state index in [0.29, 0.717) is 0 Å². The Bertz CT molecular complexity index is 1740. The van der Waals surface area contributed by atoms with E-state index in [9.17, 15) is 39.5 Å². The molecule has 4 aromatic carbocycles. The molecule has 434 valence electrons. The molecule has 0 bridgehead atoms. The van der Waals surface area contributed by atoms with E-state index in [1.807, 2.05) is 60.7 Å². The fourth-order valence-corrected chi connectivity index (χ4v) is 6.88. The van der Waals surface area contributed by atoms with E-state index in [1.165, 1.54) is 166 Å². The molecular formula is C53H85F9Fe2N2O6S2. The monoisotopic (exact) mass is 1190 g/mol. The van der Waals surface area contributed by atoms with Gasteiger partial charge >= 0.3 is 51.8 Å². The second kappa shape index (κ2) is 47.7. The Labute approximate surface area is 461 Å². The maximum absolute atomic E-state index is 10.7. The summed E-state index contributed by atoms with van der Waals surface area (Å²) in [5, 5.41) is 0. The first-order chi connectivity index (χ1) is 33.5. The van der Waals surface area contributed by atoms with E-state index in [2.05, 4.69) is 90.6 Å². The van der Waals surface area contributed by atoms with Gasteiger partial charge in [0.25, 0.3) is 0 Å². The predicted octanol–water partition coefficient (Wildman–Crippen LogP) is 15.9. The minimum Gasteiger partial charge on any atom is -0.741 e. The van der Waals surface area contributed by atoms with Crippen LogP contribution in [0.3, 0.4) is 0 Å². The van der Waals surface area contributed by atoms with Gasteiger partial charge in [-0.25, -0.2) is 65.4 Å². The van der Waals surface area contributed by atoms with Gasteiger partial charge in [-0.1, -0.05) is 117 Å². The van der Waals surface area contributed by atoms with Gasteiger partial charge in [-0.05, 0) is 25.7 Å². The molecular weight excluding hydrogens is 1110 g/mol. The first-order valence-electron chi connectivity index (χ1n) is 24.9. The van der Waals surface area contributed by atoms with Gasteiger partial charge in [0, 0.05) is 0 Å². The number of alkyl halides is 9. The molecule has 0 aliphatic carbocycles. The zero-order valence-electron chi connectivity index (χ0n) is 44.2. The molecule has 0 aliphatic rings. The Morgan fingerprint density at radius 2 is 0.662 bits per heavy atom. The summed E-state index contributed by atoms with van der Waals surface area (Å²) in [5.41, 5.74) is -8.33. The smallest absolute Gasteiger partial charge is 0.741 e. The molecule has 0 radical (unpaired) electrons. The minimum absolute atomic E-state index is 0. The van der Waals surface area contributed by atoms with Gasteiger partial charge in [-0.3, -0.25) is 0 Å². The van der Waals surface area contributed by atoms with Crippen LogP contribution in [0, 0.1) is 0 Å². The van der Waals surface area contributed by atoms with Crippen LogP contribution in [0.25, 0.3) is 0 Å². The van der Waals surface area contributed by atoms with Gasteiger partial charge in [0.05, 0.1) is 54.4 Å². The summed E-state index contributed by atoms with van der Waals surface area (Å²) in [7, 11) is -2.73. The zero-order valence-corrected chi connectivity index (χ0v) is 48.1. The summed E-state index contributed by atoms with van der Waals surface area (Å²) >= 11 is 0. The fraction of sp³-hybridized carbons (Fsp3) is 0.623. The molecule has 0 amide bonds. The molecule has 0 atom stereocenters. The third-order valence-electron chi connectivity index (χ3n) is 10.6. The number of nitrogens with zero attached hydrogens (tertiary/aromatic N) is 2. The Morgan fingerprint density at radius 1 is 0.446 bits per heavy atom. The number of unbranched alkanes of at least 4 members (excludes halogenated alkanes) is 18. The average molecular weight is 1190 g/mol. The van der Waals surface area contributed by atoms with E-state index in [-0.39, 0.29) is 34.1 Å². The van der Waals surface area contributed by atoms with Crippen LogP contribution in [0.15, 0.2) is 109 Å². The Hall–Kier alpha value is -2.45. The van der Waals surface area contributed by atoms with E-state index in [0.717, 1.165) is 8.97 Å². The molecule has 0 N–H and O–H groups in total. The topological polar surface area (TPSA) is 114 Å². The molecule has 0 saturated carbocycles. The van der Waals surface area contributed by atoms with Crippen molar-refractivity contribution in [3.63, 3.8) is 0 Å². The SMILES string of the molecule is CCCCCCCCCCCC[N+](C)(C)Cc1ccc[cH-]1.CCCCCCCCCCCC[N+](C)(C)Cc1ccc[cH-]1.FC(F)F.O=S(=O)([O-])C(F)(F)F.O=S(=O)([O-])C(F)(F)F.[Fe+2].[Fe+2].c1cc[cH-]c1.c1cc[cH-]c1. The van der Waals surface area contributed by atoms with Gasteiger partial charge < -0.3 is 18.1 Å². The molecule has 21 heteroatoms. The fourth-order valence-electron chi connectivity index (χ4n) is 6.88. The van der Waals surface area contributed by atoms with Gasteiger partial charge in [-0.15, -0.1) is 11.1 Å². The van der Waals surface area contributed by atoms with Crippen LogP contribution >= 0.6 is 0 Å². The van der Waals surface area contributed by atoms with Gasteiger partial charge in [0.15, 0.2) is 20.2 Å². The van der Waals surface area contributed by atoms with Gasteiger partial charge in [0.1, 0.15) is 0 Å². The van der Waals surface area contributed by atoms with Crippen molar-refractivity contribution in [2.24, 2.45) is 0 Å².